The molecule has 0 spiro atoms. The summed E-state index contributed by atoms with van der Waals surface area (Å²) in [4.78, 5) is 2.92. The molecule has 1 N–H and O–H groups in total. The van der Waals surface area contributed by atoms with Gasteiger partial charge in [0.1, 0.15) is 0 Å². The van der Waals surface area contributed by atoms with Gasteiger partial charge in [-0.25, -0.2) is 0 Å². The third-order valence-electron chi connectivity index (χ3n) is 2.89. The van der Waals surface area contributed by atoms with Crippen molar-refractivity contribution >= 4 is 0 Å². The molecular formula is C15H16N4. The van der Waals surface area contributed by atoms with Gasteiger partial charge in [-0.2, -0.15) is 0 Å². The number of hydrogen-bond acceptors (Lipinski definition) is 2. The molecule has 0 fully saturated rings. The number of nitrogens with zero attached hydrogens (tertiary/aromatic N) is 3. The summed E-state index contributed by atoms with van der Waals surface area (Å²) in [5.74, 6) is 0. The van der Waals surface area contributed by atoms with Gasteiger partial charge in [0.25, 0.3) is 0 Å². The molecule has 0 heterocycles. The van der Waals surface area contributed by atoms with Gasteiger partial charge in [0, 0.05) is 18.0 Å². The summed E-state index contributed by atoms with van der Waals surface area (Å²) in [5, 5.41) is 7.16. The zero-order valence-electron chi connectivity index (χ0n) is 10.6. The molecule has 1 unspecified atom stereocenters. The lowest BCUT2D eigenvalue weighted by Crippen LogP contribution is -2.20. The van der Waals surface area contributed by atoms with Gasteiger partial charge in [-0.15, -0.1) is 0 Å². The number of nitrogens with one attached hydrogen (secondary N) is 1. The van der Waals surface area contributed by atoms with Crippen molar-refractivity contribution in [2.45, 2.75) is 12.6 Å². The molecule has 0 aliphatic carbocycles. The summed E-state index contributed by atoms with van der Waals surface area (Å²) in [7, 11) is 0. The Balaban J connectivity index is 1.93. The minimum Gasteiger partial charge on any atom is -0.312 e. The molecule has 0 saturated heterocycles. The minimum absolute atomic E-state index is 0.171. The normalized spacial score (nSPS) is 11.6. The highest BCUT2D eigenvalue weighted by atomic mass is 15.2. The molecular weight excluding hydrogens is 236 g/mol. The molecule has 0 amide bonds. The maximum atomic E-state index is 8.64. The predicted molar refractivity (Wildman–Crippen MR) is 76.5 cm³/mol. The van der Waals surface area contributed by atoms with E-state index in [0.717, 1.165) is 12.1 Å². The van der Waals surface area contributed by atoms with Crippen LogP contribution in [0.25, 0.3) is 10.4 Å². The van der Waals surface area contributed by atoms with Gasteiger partial charge in [0.05, 0.1) is 6.04 Å². The minimum atomic E-state index is -0.171. The van der Waals surface area contributed by atoms with E-state index in [4.69, 9.17) is 5.53 Å². The summed E-state index contributed by atoms with van der Waals surface area (Å²) < 4.78 is 0. The first-order valence-corrected chi connectivity index (χ1v) is 6.24. The monoisotopic (exact) mass is 252 g/mol. The van der Waals surface area contributed by atoms with E-state index < -0.39 is 0 Å². The Morgan fingerprint density at radius 3 is 2.26 bits per heavy atom. The summed E-state index contributed by atoms with van der Waals surface area (Å²) in [6.45, 7) is 1.40. The van der Waals surface area contributed by atoms with E-state index >= 15 is 0 Å². The average molecular weight is 252 g/mol. The molecule has 0 radical (unpaired) electrons. The van der Waals surface area contributed by atoms with Crippen LogP contribution in [0.3, 0.4) is 0 Å². The van der Waals surface area contributed by atoms with Crippen LogP contribution < -0.4 is 5.32 Å². The van der Waals surface area contributed by atoms with Crippen molar-refractivity contribution in [3.63, 3.8) is 0 Å². The largest absolute Gasteiger partial charge is 0.312 e. The predicted octanol–water partition coefficient (Wildman–Crippen LogP) is 3.83. The number of rotatable bonds is 6. The maximum Gasteiger partial charge on any atom is 0.0749 e. The van der Waals surface area contributed by atoms with E-state index in [9.17, 15) is 0 Å². The van der Waals surface area contributed by atoms with E-state index in [1.807, 2.05) is 48.5 Å². The van der Waals surface area contributed by atoms with Crippen molar-refractivity contribution in [3.8, 4) is 0 Å². The highest BCUT2D eigenvalue weighted by Crippen LogP contribution is 2.16. The van der Waals surface area contributed by atoms with Gasteiger partial charge in [-0.1, -0.05) is 65.8 Å². The summed E-state index contributed by atoms with van der Waals surface area (Å²) in [6, 6.07) is 19.8. The molecule has 4 nitrogen and oxygen atoms in total. The second-order valence-corrected chi connectivity index (χ2v) is 4.25. The second kappa shape index (κ2) is 7.21. The molecule has 4 heteroatoms. The Kier molecular flexibility index (Phi) is 4.99. The Morgan fingerprint density at radius 1 is 1.00 bits per heavy atom. The first-order chi connectivity index (χ1) is 9.40. The van der Waals surface area contributed by atoms with Crippen molar-refractivity contribution in [1.82, 2.24) is 5.32 Å². The van der Waals surface area contributed by atoms with Gasteiger partial charge >= 0.3 is 0 Å². The van der Waals surface area contributed by atoms with Crippen molar-refractivity contribution in [2.75, 3.05) is 6.54 Å². The van der Waals surface area contributed by atoms with Crippen LogP contribution in [-0.2, 0) is 6.54 Å². The van der Waals surface area contributed by atoms with E-state index in [1.54, 1.807) is 0 Å². The van der Waals surface area contributed by atoms with Crippen LogP contribution in [-0.4, -0.2) is 6.54 Å². The van der Waals surface area contributed by atoms with Crippen molar-refractivity contribution < 1.29 is 0 Å². The fourth-order valence-electron chi connectivity index (χ4n) is 1.91. The second-order valence-electron chi connectivity index (χ2n) is 4.25. The lowest BCUT2D eigenvalue weighted by atomic mass is 10.1. The molecule has 0 aromatic heterocycles. The number of hydrogen-bond donors (Lipinski definition) is 1. The smallest absolute Gasteiger partial charge is 0.0749 e. The lowest BCUT2D eigenvalue weighted by Gasteiger charge is -2.12. The molecule has 2 aromatic carbocycles. The van der Waals surface area contributed by atoms with Crippen molar-refractivity contribution in [1.29, 1.82) is 0 Å². The number of benzene rings is 2. The van der Waals surface area contributed by atoms with E-state index in [1.165, 1.54) is 5.56 Å². The quantitative estimate of drug-likeness (QED) is 0.474. The molecule has 2 rings (SSSR count). The zero-order valence-corrected chi connectivity index (χ0v) is 10.6. The first-order valence-electron chi connectivity index (χ1n) is 6.24. The molecule has 0 saturated carbocycles. The summed E-state index contributed by atoms with van der Waals surface area (Å²) in [6.07, 6.45) is 0. The molecule has 0 aliphatic heterocycles. The highest BCUT2D eigenvalue weighted by molar-refractivity contribution is 5.19. The van der Waals surface area contributed by atoms with Crippen LogP contribution in [0.1, 0.15) is 17.2 Å². The van der Waals surface area contributed by atoms with Gasteiger partial charge < -0.3 is 5.32 Å². The van der Waals surface area contributed by atoms with Crippen LogP contribution >= 0.6 is 0 Å². The Labute approximate surface area is 112 Å². The molecule has 96 valence electrons. The van der Waals surface area contributed by atoms with Crippen molar-refractivity contribution in [3.05, 3.63) is 82.2 Å². The van der Waals surface area contributed by atoms with Crippen LogP contribution in [0.2, 0.25) is 0 Å². The molecule has 19 heavy (non-hydrogen) atoms. The van der Waals surface area contributed by atoms with Crippen LogP contribution in [0, 0.1) is 0 Å². The van der Waals surface area contributed by atoms with Crippen LogP contribution in [0.15, 0.2) is 65.8 Å². The fourth-order valence-corrected chi connectivity index (χ4v) is 1.91. The van der Waals surface area contributed by atoms with E-state index in [2.05, 4.69) is 27.5 Å². The Morgan fingerprint density at radius 2 is 1.63 bits per heavy atom. The van der Waals surface area contributed by atoms with Crippen LogP contribution in [0.4, 0.5) is 0 Å². The number of azide groups is 1. The van der Waals surface area contributed by atoms with Crippen molar-refractivity contribution in [2.24, 2.45) is 5.11 Å². The summed E-state index contributed by atoms with van der Waals surface area (Å²) in [5.41, 5.74) is 10.9. The fraction of sp³-hybridized carbons (Fsp3) is 0.200. The summed E-state index contributed by atoms with van der Waals surface area (Å²) >= 11 is 0. The molecule has 0 bridgehead atoms. The van der Waals surface area contributed by atoms with Gasteiger partial charge in [-0.05, 0) is 16.7 Å². The Bertz CT molecular complexity index is 533. The average Bonchev–Trinajstić information content (AvgIpc) is 2.48. The SMILES string of the molecule is [N-]=[N+]=NC(CNCc1ccccc1)c1ccccc1. The lowest BCUT2D eigenvalue weighted by molar-refractivity contribution is 0.596. The molecule has 1 atom stereocenters. The highest BCUT2D eigenvalue weighted by Gasteiger charge is 2.08. The zero-order chi connectivity index (χ0) is 13.3. The Hall–Kier alpha value is -2.29. The first kappa shape index (κ1) is 13.1. The van der Waals surface area contributed by atoms with E-state index in [-0.39, 0.29) is 6.04 Å². The van der Waals surface area contributed by atoms with Gasteiger partial charge in [0.2, 0.25) is 0 Å². The third kappa shape index (κ3) is 4.14. The topological polar surface area (TPSA) is 60.8 Å². The maximum absolute atomic E-state index is 8.64. The molecule has 0 aliphatic rings. The van der Waals surface area contributed by atoms with Crippen LogP contribution in [0.5, 0.6) is 0 Å². The van der Waals surface area contributed by atoms with Gasteiger partial charge in [-0.3, -0.25) is 0 Å². The standard InChI is InChI=1S/C15H16N4/c16-19-18-15(14-9-5-2-6-10-14)12-17-11-13-7-3-1-4-8-13/h1-10,15,17H,11-12H2. The van der Waals surface area contributed by atoms with Gasteiger partial charge in [0.15, 0.2) is 0 Å². The molecule has 2 aromatic rings. The third-order valence-corrected chi connectivity index (χ3v) is 2.89. The van der Waals surface area contributed by atoms with E-state index in [0.29, 0.717) is 6.54 Å².